The van der Waals surface area contributed by atoms with Crippen molar-refractivity contribution in [1.29, 1.82) is 0 Å². The fourth-order valence-electron chi connectivity index (χ4n) is 2.62. The molecule has 0 atom stereocenters. The van der Waals surface area contributed by atoms with Crippen LogP contribution in [0.3, 0.4) is 0 Å². The van der Waals surface area contributed by atoms with Gasteiger partial charge in [-0.15, -0.1) is 0 Å². The number of carbonyl (C=O) groups excluding carboxylic acids is 1. The molecule has 0 spiro atoms. The van der Waals surface area contributed by atoms with E-state index in [1.54, 1.807) is 18.0 Å². The molecule has 0 saturated carbocycles. The Morgan fingerprint density at radius 3 is 2.79 bits per heavy atom. The Morgan fingerprint density at radius 1 is 1.53 bits per heavy atom. The number of nitrogens with zero attached hydrogens (tertiary/aromatic N) is 2. The number of rotatable bonds is 5. The smallest absolute Gasteiger partial charge is 0.190 e. The average molecular weight is 265 g/mol. The second-order valence-electron chi connectivity index (χ2n) is 5.42. The summed E-state index contributed by atoms with van der Waals surface area (Å²) in [7, 11) is 1.59. The molecular formula is C14H23N3O2. The molecule has 1 saturated heterocycles. The number of piperidine rings is 1. The number of hydrogen-bond donors (Lipinski definition) is 1. The van der Waals surface area contributed by atoms with E-state index >= 15 is 0 Å². The molecule has 1 N–H and O–H groups in total. The van der Waals surface area contributed by atoms with E-state index in [-0.39, 0.29) is 11.2 Å². The first-order valence-corrected chi connectivity index (χ1v) is 6.97. The average Bonchev–Trinajstić information content (AvgIpc) is 2.82. The summed E-state index contributed by atoms with van der Waals surface area (Å²) in [6.45, 7) is 6.67. The summed E-state index contributed by atoms with van der Waals surface area (Å²) >= 11 is 0. The van der Waals surface area contributed by atoms with Gasteiger partial charge in [0, 0.05) is 12.0 Å². The molecule has 0 radical (unpaired) electrons. The number of aryl methyl sites for hydroxylation is 1. The third-order valence-corrected chi connectivity index (χ3v) is 3.93. The molecule has 1 aliphatic rings. The zero-order valence-corrected chi connectivity index (χ0v) is 12.0. The number of methoxy groups -OCH3 is 1. The van der Waals surface area contributed by atoms with Crippen LogP contribution in [-0.2, 0) is 6.54 Å². The minimum atomic E-state index is -0.302. The fourth-order valence-corrected chi connectivity index (χ4v) is 2.62. The van der Waals surface area contributed by atoms with Crippen LogP contribution in [-0.4, -0.2) is 35.8 Å². The van der Waals surface area contributed by atoms with Gasteiger partial charge in [-0.3, -0.25) is 9.48 Å². The summed E-state index contributed by atoms with van der Waals surface area (Å²) in [5.41, 5.74) is 0.332. The number of hydrogen-bond acceptors (Lipinski definition) is 4. The van der Waals surface area contributed by atoms with Crippen molar-refractivity contribution >= 4 is 5.78 Å². The summed E-state index contributed by atoms with van der Waals surface area (Å²) < 4.78 is 7.10. The monoisotopic (exact) mass is 265 g/mol. The van der Waals surface area contributed by atoms with E-state index in [0.717, 1.165) is 38.9 Å². The minimum Gasteiger partial charge on any atom is -0.493 e. The van der Waals surface area contributed by atoms with Gasteiger partial charge in [0.25, 0.3) is 0 Å². The van der Waals surface area contributed by atoms with Crippen molar-refractivity contribution in [3.8, 4) is 5.75 Å². The van der Waals surface area contributed by atoms with Gasteiger partial charge < -0.3 is 10.1 Å². The molecule has 0 aromatic carbocycles. The topological polar surface area (TPSA) is 56.2 Å². The molecule has 0 unspecified atom stereocenters. The second kappa shape index (κ2) is 5.74. The maximum Gasteiger partial charge on any atom is 0.190 e. The van der Waals surface area contributed by atoms with Crippen LogP contribution in [0, 0.1) is 5.41 Å². The van der Waals surface area contributed by atoms with Gasteiger partial charge in [0.1, 0.15) is 5.69 Å². The number of ketones is 1. The number of aromatic nitrogens is 2. The molecule has 2 heterocycles. The lowest BCUT2D eigenvalue weighted by atomic mass is 9.76. The van der Waals surface area contributed by atoms with E-state index < -0.39 is 0 Å². The Bertz CT molecular complexity index is 448. The van der Waals surface area contributed by atoms with Crippen LogP contribution in [0.4, 0.5) is 0 Å². The molecule has 5 heteroatoms. The Balaban J connectivity index is 2.33. The lowest BCUT2D eigenvalue weighted by molar-refractivity contribution is 0.0746. The highest BCUT2D eigenvalue weighted by Gasteiger charge is 2.38. The van der Waals surface area contributed by atoms with E-state index in [2.05, 4.69) is 24.3 Å². The van der Waals surface area contributed by atoms with Gasteiger partial charge in [-0.05, 0) is 32.4 Å². The number of nitrogens with one attached hydrogen (secondary N) is 1. The lowest BCUT2D eigenvalue weighted by Crippen LogP contribution is -2.41. The van der Waals surface area contributed by atoms with Crippen molar-refractivity contribution < 1.29 is 9.53 Å². The van der Waals surface area contributed by atoms with Gasteiger partial charge in [0.2, 0.25) is 0 Å². The molecule has 5 nitrogen and oxygen atoms in total. The first kappa shape index (κ1) is 14.1. The summed E-state index contributed by atoms with van der Waals surface area (Å²) in [6, 6.07) is 0. The minimum absolute atomic E-state index is 0.164. The van der Waals surface area contributed by atoms with Crippen LogP contribution in [0.15, 0.2) is 6.20 Å². The third kappa shape index (κ3) is 2.66. The van der Waals surface area contributed by atoms with Crippen molar-refractivity contribution in [3.05, 3.63) is 11.9 Å². The SMILES string of the molecule is CCCn1ncc(OC)c1C(=O)C1(C)CCNCC1. The van der Waals surface area contributed by atoms with Gasteiger partial charge in [0.15, 0.2) is 11.5 Å². The molecule has 1 aromatic rings. The Labute approximate surface area is 114 Å². The van der Waals surface area contributed by atoms with E-state index in [9.17, 15) is 4.79 Å². The molecule has 2 rings (SSSR count). The van der Waals surface area contributed by atoms with Crippen molar-refractivity contribution in [2.45, 2.75) is 39.7 Å². The van der Waals surface area contributed by atoms with Crippen LogP contribution in [0.1, 0.15) is 43.6 Å². The van der Waals surface area contributed by atoms with Crippen LogP contribution < -0.4 is 10.1 Å². The molecule has 1 aromatic heterocycles. The normalized spacial score (nSPS) is 18.3. The van der Waals surface area contributed by atoms with Gasteiger partial charge >= 0.3 is 0 Å². The second-order valence-corrected chi connectivity index (χ2v) is 5.42. The number of carbonyl (C=O) groups is 1. The van der Waals surface area contributed by atoms with Crippen molar-refractivity contribution in [2.75, 3.05) is 20.2 Å². The van der Waals surface area contributed by atoms with Crippen LogP contribution in [0.25, 0.3) is 0 Å². The molecule has 106 valence electrons. The summed E-state index contributed by atoms with van der Waals surface area (Å²) in [5.74, 6) is 0.759. The van der Waals surface area contributed by atoms with Crippen molar-refractivity contribution in [1.82, 2.24) is 15.1 Å². The zero-order chi connectivity index (χ0) is 13.9. The standard InChI is InChI=1S/C14H23N3O2/c1-4-9-17-12(11(19-3)10-16-17)13(18)14(2)5-7-15-8-6-14/h10,15H,4-9H2,1-3H3. The predicted octanol–water partition coefficient (Wildman–Crippen LogP) is 1.87. The molecule has 19 heavy (non-hydrogen) atoms. The molecule has 0 aliphatic carbocycles. The van der Waals surface area contributed by atoms with Crippen LogP contribution in [0.5, 0.6) is 5.75 Å². The maximum absolute atomic E-state index is 12.9. The van der Waals surface area contributed by atoms with Gasteiger partial charge in [-0.1, -0.05) is 13.8 Å². The first-order valence-electron chi connectivity index (χ1n) is 6.97. The summed E-state index contributed by atoms with van der Waals surface area (Å²) in [5, 5.41) is 7.58. The lowest BCUT2D eigenvalue weighted by Gasteiger charge is -2.32. The van der Waals surface area contributed by atoms with Gasteiger partial charge in [-0.2, -0.15) is 5.10 Å². The Hall–Kier alpha value is -1.36. The summed E-state index contributed by atoms with van der Waals surface area (Å²) in [4.78, 5) is 12.9. The third-order valence-electron chi connectivity index (χ3n) is 3.93. The molecule has 1 fully saturated rings. The van der Waals surface area contributed by atoms with Gasteiger partial charge in [0.05, 0.1) is 13.3 Å². The predicted molar refractivity (Wildman–Crippen MR) is 73.6 cm³/mol. The highest BCUT2D eigenvalue weighted by molar-refractivity contribution is 6.01. The highest BCUT2D eigenvalue weighted by Crippen LogP contribution is 2.35. The quantitative estimate of drug-likeness (QED) is 0.826. The molecular weight excluding hydrogens is 242 g/mol. The fraction of sp³-hybridized carbons (Fsp3) is 0.714. The van der Waals surface area contributed by atoms with Crippen LogP contribution >= 0.6 is 0 Å². The van der Waals surface area contributed by atoms with E-state index in [0.29, 0.717) is 11.4 Å². The molecule has 1 aliphatic heterocycles. The Morgan fingerprint density at radius 2 is 2.21 bits per heavy atom. The van der Waals surface area contributed by atoms with Crippen molar-refractivity contribution in [2.24, 2.45) is 5.41 Å². The summed E-state index contributed by atoms with van der Waals surface area (Å²) in [6.07, 6.45) is 4.33. The zero-order valence-electron chi connectivity index (χ0n) is 12.0. The van der Waals surface area contributed by atoms with Crippen LogP contribution in [0.2, 0.25) is 0 Å². The highest BCUT2D eigenvalue weighted by atomic mass is 16.5. The molecule has 0 bridgehead atoms. The van der Waals surface area contributed by atoms with E-state index in [1.165, 1.54) is 0 Å². The number of Topliss-reactive ketones (excluding diaryl/α,β-unsaturated/α-hetero) is 1. The van der Waals surface area contributed by atoms with E-state index in [1.807, 2.05) is 0 Å². The van der Waals surface area contributed by atoms with Crippen molar-refractivity contribution in [3.63, 3.8) is 0 Å². The van der Waals surface area contributed by atoms with E-state index in [4.69, 9.17) is 4.74 Å². The largest absolute Gasteiger partial charge is 0.493 e. The first-order chi connectivity index (χ1) is 9.12. The maximum atomic E-state index is 12.9. The van der Waals surface area contributed by atoms with Gasteiger partial charge in [-0.25, -0.2) is 0 Å². The Kier molecular flexibility index (Phi) is 4.24. The molecule has 0 amide bonds. The number of ether oxygens (including phenoxy) is 1.